The van der Waals surface area contributed by atoms with Crippen LogP contribution < -0.4 is 9.47 Å². The fourth-order valence-electron chi connectivity index (χ4n) is 1.43. The van der Waals surface area contributed by atoms with E-state index in [4.69, 9.17) is 9.47 Å². The third-order valence-electron chi connectivity index (χ3n) is 2.30. The zero-order valence-corrected chi connectivity index (χ0v) is 9.87. The van der Waals surface area contributed by atoms with Crippen LogP contribution in [0.3, 0.4) is 0 Å². The number of ether oxygens (including phenoxy) is 2. The van der Waals surface area contributed by atoms with E-state index in [1.165, 1.54) is 0 Å². The van der Waals surface area contributed by atoms with Gasteiger partial charge in [-0.1, -0.05) is 18.2 Å². The number of hydrogen-bond donors (Lipinski definition) is 0. The largest absolute Gasteiger partial charge is 0.490 e. The Morgan fingerprint density at radius 2 is 1.76 bits per heavy atom. The molecule has 4 heteroatoms. The van der Waals surface area contributed by atoms with Crippen molar-refractivity contribution in [3.63, 3.8) is 0 Å². The first-order chi connectivity index (χ1) is 8.38. The molecule has 17 heavy (non-hydrogen) atoms. The zero-order valence-electron chi connectivity index (χ0n) is 9.87. The molecule has 2 aromatic rings. The summed E-state index contributed by atoms with van der Waals surface area (Å²) in [5.41, 5.74) is 0. The van der Waals surface area contributed by atoms with Gasteiger partial charge in [-0.3, -0.25) is 4.68 Å². The Kier molecular flexibility index (Phi) is 4.02. The van der Waals surface area contributed by atoms with Crippen LogP contribution in [0.25, 0.3) is 0 Å². The maximum absolute atomic E-state index is 5.51. The highest BCUT2D eigenvalue weighted by molar-refractivity contribution is 5.20. The molecule has 1 aromatic carbocycles. The van der Waals surface area contributed by atoms with Crippen LogP contribution in [0.5, 0.6) is 11.5 Å². The van der Waals surface area contributed by atoms with Crippen LogP contribution in [-0.4, -0.2) is 23.0 Å². The monoisotopic (exact) mass is 232 g/mol. The normalized spacial score (nSPS) is 10.2. The molecule has 1 aromatic heterocycles. The Bertz CT molecular complexity index is 440. The van der Waals surface area contributed by atoms with Crippen molar-refractivity contribution in [3.8, 4) is 11.5 Å². The SMILES string of the molecule is CCn1cc(OCCOc2ccccc2)cn1. The first-order valence-electron chi connectivity index (χ1n) is 5.71. The van der Waals surface area contributed by atoms with Crippen LogP contribution >= 0.6 is 0 Å². The lowest BCUT2D eigenvalue weighted by molar-refractivity contribution is 0.217. The third-order valence-corrected chi connectivity index (χ3v) is 2.30. The van der Waals surface area contributed by atoms with E-state index in [0.29, 0.717) is 13.2 Å². The van der Waals surface area contributed by atoms with Crippen LogP contribution in [0.1, 0.15) is 6.92 Å². The van der Waals surface area contributed by atoms with E-state index in [1.807, 2.05) is 48.1 Å². The molecule has 2 rings (SSSR count). The third kappa shape index (κ3) is 3.52. The van der Waals surface area contributed by atoms with E-state index in [0.717, 1.165) is 18.0 Å². The summed E-state index contributed by atoms with van der Waals surface area (Å²) in [5, 5.41) is 4.12. The Morgan fingerprint density at radius 1 is 1.06 bits per heavy atom. The standard InChI is InChI=1S/C13H16N2O2/c1-2-15-11-13(10-14-15)17-9-8-16-12-6-4-3-5-7-12/h3-7,10-11H,2,8-9H2,1H3. The van der Waals surface area contributed by atoms with Crippen LogP contribution in [0, 0.1) is 0 Å². The Hall–Kier alpha value is -1.97. The number of para-hydroxylation sites is 1. The minimum Gasteiger partial charge on any atom is -0.490 e. The van der Waals surface area contributed by atoms with E-state index in [2.05, 4.69) is 5.10 Å². The minimum absolute atomic E-state index is 0.518. The van der Waals surface area contributed by atoms with Crippen molar-refractivity contribution in [1.82, 2.24) is 9.78 Å². The van der Waals surface area contributed by atoms with Crippen molar-refractivity contribution in [1.29, 1.82) is 0 Å². The number of aromatic nitrogens is 2. The summed E-state index contributed by atoms with van der Waals surface area (Å²) in [6.45, 7) is 3.94. The Labute approximate surface area is 101 Å². The first-order valence-corrected chi connectivity index (χ1v) is 5.71. The molecule has 0 spiro atoms. The van der Waals surface area contributed by atoms with Crippen molar-refractivity contribution < 1.29 is 9.47 Å². The maximum Gasteiger partial charge on any atom is 0.157 e. The smallest absolute Gasteiger partial charge is 0.157 e. The topological polar surface area (TPSA) is 36.3 Å². The fraction of sp³-hybridized carbons (Fsp3) is 0.308. The van der Waals surface area contributed by atoms with Gasteiger partial charge < -0.3 is 9.47 Å². The van der Waals surface area contributed by atoms with Gasteiger partial charge in [0.05, 0.1) is 12.4 Å². The predicted molar refractivity (Wildman–Crippen MR) is 65.3 cm³/mol. The van der Waals surface area contributed by atoms with Gasteiger partial charge in [-0.05, 0) is 19.1 Å². The number of nitrogens with zero attached hydrogens (tertiary/aromatic N) is 2. The van der Waals surface area contributed by atoms with Crippen LogP contribution in [0.15, 0.2) is 42.7 Å². The molecule has 0 aliphatic rings. The molecule has 1 heterocycles. The van der Waals surface area contributed by atoms with E-state index < -0.39 is 0 Å². The zero-order chi connectivity index (χ0) is 11.9. The lowest BCUT2D eigenvalue weighted by Crippen LogP contribution is -2.08. The molecule has 0 aliphatic carbocycles. The molecule has 0 N–H and O–H groups in total. The average molecular weight is 232 g/mol. The molecule has 0 aliphatic heterocycles. The number of aryl methyl sites for hydroxylation is 1. The lowest BCUT2D eigenvalue weighted by Gasteiger charge is -2.06. The van der Waals surface area contributed by atoms with Crippen LogP contribution in [0.2, 0.25) is 0 Å². The van der Waals surface area contributed by atoms with E-state index >= 15 is 0 Å². The fourth-order valence-corrected chi connectivity index (χ4v) is 1.43. The molecule has 0 saturated heterocycles. The van der Waals surface area contributed by atoms with Crippen LogP contribution in [-0.2, 0) is 6.54 Å². The summed E-state index contributed by atoms with van der Waals surface area (Å²) in [4.78, 5) is 0. The summed E-state index contributed by atoms with van der Waals surface area (Å²) in [5.74, 6) is 1.64. The molecule has 0 bridgehead atoms. The molecular formula is C13H16N2O2. The van der Waals surface area contributed by atoms with Crippen LogP contribution in [0.4, 0.5) is 0 Å². The van der Waals surface area contributed by atoms with Crippen molar-refractivity contribution in [2.45, 2.75) is 13.5 Å². The summed E-state index contributed by atoms with van der Waals surface area (Å²) < 4.78 is 12.8. The molecule has 0 radical (unpaired) electrons. The highest BCUT2D eigenvalue weighted by Crippen LogP contribution is 2.09. The molecule has 4 nitrogen and oxygen atoms in total. The molecule has 0 amide bonds. The van der Waals surface area contributed by atoms with Gasteiger partial charge in [0, 0.05) is 6.54 Å². The van der Waals surface area contributed by atoms with E-state index in [9.17, 15) is 0 Å². The molecule has 0 saturated carbocycles. The van der Waals surface area contributed by atoms with E-state index in [1.54, 1.807) is 6.20 Å². The number of hydrogen-bond acceptors (Lipinski definition) is 3. The first kappa shape index (κ1) is 11.5. The summed E-state index contributed by atoms with van der Waals surface area (Å²) in [6, 6.07) is 9.70. The minimum atomic E-state index is 0.518. The lowest BCUT2D eigenvalue weighted by atomic mass is 10.3. The average Bonchev–Trinajstić information content (AvgIpc) is 2.84. The van der Waals surface area contributed by atoms with Crippen molar-refractivity contribution in [3.05, 3.63) is 42.7 Å². The van der Waals surface area contributed by atoms with Gasteiger partial charge in [0.15, 0.2) is 5.75 Å². The quantitative estimate of drug-likeness (QED) is 0.717. The van der Waals surface area contributed by atoms with Crippen molar-refractivity contribution >= 4 is 0 Å². The molecular weight excluding hydrogens is 216 g/mol. The second-order valence-electron chi connectivity index (χ2n) is 3.54. The van der Waals surface area contributed by atoms with Crippen molar-refractivity contribution in [2.24, 2.45) is 0 Å². The Balaban J connectivity index is 1.69. The number of benzene rings is 1. The molecule has 90 valence electrons. The Morgan fingerprint density at radius 3 is 2.41 bits per heavy atom. The van der Waals surface area contributed by atoms with Gasteiger partial charge in [-0.25, -0.2) is 0 Å². The van der Waals surface area contributed by atoms with Gasteiger partial charge >= 0.3 is 0 Å². The highest BCUT2D eigenvalue weighted by atomic mass is 16.5. The molecule has 0 atom stereocenters. The van der Waals surface area contributed by atoms with Gasteiger partial charge in [0.25, 0.3) is 0 Å². The summed E-state index contributed by atoms with van der Waals surface area (Å²) >= 11 is 0. The maximum atomic E-state index is 5.51. The summed E-state index contributed by atoms with van der Waals surface area (Å²) in [6.07, 6.45) is 3.59. The predicted octanol–water partition coefficient (Wildman–Crippen LogP) is 2.36. The highest BCUT2D eigenvalue weighted by Gasteiger charge is 1.98. The van der Waals surface area contributed by atoms with Gasteiger partial charge in [-0.2, -0.15) is 5.10 Å². The second-order valence-corrected chi connectivity index (χ2v) is 3.54. The van der Waals surface area contributed by atoms with Gasteiger partial charge in [-0.15, -0.1) is 0 Å². The van der Waals surface area contributed by atoms with Crippen molar-refractivity contribution in [2.75, 3.05) is 13.2 Å². The second kappa shape index (κ2) is 5.94. The summed E-state index contributed by atoms with van der Waals surface area (Å²) in [7, 11) is 0. The van der Waals surface area contributed by atoms with Gasteiger partial charge in [0.2, 0.25) is 0 Å². The van der Waals surface area contributed by atoms with Gasteiger partial charge in [0.1, 0.15) is 19.0 Å². The molecule has 0 fully saturated rings. The van der Waals surface area contributed by atoms with E-state index in [-0.39, 0.29) is 0 Å². The molecule has 0 unspecified atom stereocenters. The number of rotatable bonds is 6.